The van der Waals surface area contributed by atoms with Gasteiger partial charge in [0.15, 0.2) is 0 Å². The zero-order valence-corrected chi connectivity index (χ0v) is 16.0. The minimum atomic E-state index is -4.45. The molecule has 2 unspecified atom stereocenters. The van der Waals surface area contributed by atoms with Gasteiger partial charge < -0.3 is 9.88 Å². The third-order valence-electron chi connectivity index (χ3n) is 5.41. The number of nitrogens with one attached hydrogen (secondary N) is 2. The first kappa shape index (κ1) is 19.9. The summed E-state index contributed by atoms with van der Waals surface area (Å²) in [4.78, 5) is 34.0. The van der Waals surface area contributed by atoms with E-state index in [4.69, 9.17) is 0 Å². The van der Waals surface area contributed by atoms with Gasteiger partial charge in [0.1, 0.15) is 0 Å². The van der Waals surface area contributed by atoms with Crippen LogP contribution in [0.1, 0.15) is 30.0 Å². The van der Waals surface area contributed by atoms with Crippen molar-refractivity contribution in [3.63, 3.8) is 0 Å². The van der Waals surface area contributed by atoms with Gasteiger partial charge in [0.2, 0.25) is 17.8 Å². The summed E-state index contributed by atoms with van der Waals surface area (Å²) in [5.41, 5.74) is 1.16. The highest BCUT2D eigenvalue weighted by molar-refractivity contribution is 5.94. The monoisotopic (exact) mass is 416 g/mol. The molecule has 2 heterocycles. The van der Waals surface area contributed by atoms with Gasteiger partial charge >= 0.3 is 6.18 Å². The first-order chi connectivity index (χ1) is 14.2. The summed E-state index contributed by atoms with van der Waals surface area (Å²) >= 11 is 0. The second-order valence-corrected chi connectivity index (χ2v) is 7.31. The number of rotatable bonds is 3. The first-order valence-corrected chi connectivity index (χ1v) is 9.42. The molecular weight excluding hydrogens is 397 g/mol. The van der Waals surface area contributed by atoms with E-state index in [-0.39, 0.29) is 24.2 Å². The Hall–Kier alpha value is -3.36. The summed E-state index contributed by atoms with van der Waals surface area (Å²) in [6.45, 7) is 0. The first-order valence-electron chi connectivity index (χ1n) is 9.42. The molecule has 1 aromatic heterocycles. The zero-order valence-electron chi connectivity index (χ0n) is 16.0. The molecule has 9 heteroatoms. The molecule has 0 bridgehead atoms. The molecule has 6 nitrogen and oxygen atoms in total. The Balaban J connectivity index is 1.61. The fourth-order valence-corrected chi connectivity index (χ4v) is 3.86. The summed E-state index contributed by atoms with van der Waals surface area (Å²) in [6, 6.07) is 11.2. The standard InChI is InChI=1S/C21H19F3N4O2/c1-28-17(29)11-10-14(18(28)12-6-8-13(9-7-12)21(22,23)24)19(30)27-20-25-15-4-2-3-5-16(15)26-20/h2-9,14,18H,10-11H2,1H3,(H2,25,26,27,30). The van der Waals surface area contributed by atoms with E-state index in [0.29, 0.717) is 17.5 Å². The van der Waals surface area contributed by atoms with Crippen molar-refractivity contribution in [3.05, 3.63) is 59.7 Å². The van der Waals surface area contributed by atoms with E-state index in [2.05, 4.69) is 15.3 Å². The van der Waals surface area contributed by atoms with Crippen LogP contribution in [0.3, 0.4) is 0 Å². The number of anilines is 1. The van der Waals surface area contributed by atoms with Crippen LogP contribution in [0, 0.1) is 5.92 Å². The molecule has 2 amide bonds. The van der Waals surface area contributed by atoms with Gasteiger partial charge in [-0.15, -0.1) is 0 Å². The van der Waals surface area contributed by atoms with Crippen molar-refractivity contribution in [1.29, 1.82) is 0 Å². The van der Waals surface area contributed by atoms with Crippen molar-refractivity contribution in [2.45, 2.75) is 25.1 Å². The molecule has 1 aliphatic rings. The maximum Gasteiger partial charge on any atom is 0.416 e. The lowest BCUT2D eigenvalue weighted by atomic mass is 9.83. The number of benzene rings is 2. The predicted octanol–water partition coefficient (Wildman–Crippen LogP) is 4.13. The summed E-state index contributed by atoms with van der Waals surface area (Å²) in [5.74, 6) is -0.851. The Morgan fingerprint density at radius 3 is 2.53 bits per heavy atom. The molecule has 0 radical (unpaired) electrons. The zero-order chi connectivity index (χ0) is 21.5. The lowest BCUT2D eigenvalue weighted by molar-refractivity contribution is -0.140. The van der Waals surface area contributed by atoms with Crippen molar-refractivity contribution in [2.75, 3.05) is 12.4 Å². The molecule has 3 aromatic rings. The number of piperidine rings is 1. The van der Waals surface area contributed by atoms with Crippen LogP contribution in [0.25, 0.3) is 11.0 Å². The Morgan fingerprint density at radius 2 is 1.87 bits per heavy atom. The molecular formula is C21H19F3N4O2. The molecule has 2 aromatic carbocycles. The SMILES string of the molecule is CN1C(=O)CCC(C(=O)Nc2nc3ccccc3[nH]2)C1c1ccc(C(F)(F)F)cc1. The number of carbonyl (C=O) groups is 2. The Kier molecular flexibility index (Phi) is 4.97. The van der Waals surface area contributed by atoms with Gasteiger partial charge in [0, 0.05) is 13.5 Å². The van der Waals surface area contributed by atoms with Gasteiger partial charge in [-0.3, -0.25) is 14.9 Å². The Labute approximate surface area is 170 Å². The largest absolute Gasteiger partial charge is 0.416 e. The van der Waals surface area contributed by atoms with E-state index < -0.39 is 23.7 Å². The molecule has 0 spiro atoms. The van der Waals surface area contributed by atoms with Crippen LogP contribution < -0.4 is 5.32 Å². The van der Waals surface area contributed by atoms with Gasteiger partial charge in [-0.25, -0.2) is 4.98 Å². The number of carbonyl (C=O) groups excluding carboxylic acids is 2. The van der Waals surface area contributed by atoms with Gasteiger partial charge in [-0.05, 0) is 36.2 Å². The number of nitrogens with zero attached hydrogens (tertiary/aromatic N) is 2. The number of likely N-dealkylation sites (tertiary alicyclic amines) is 1. The van der Waals surface area contributed by atoms with E-state index >= 15 is 0 Å². The number of amides is 2. The summed E-state index contributed by atoms with van der Waals surface area (Å²) in [5, 5.41) is 2.75. The molecule has 2 atom stereocenters. The van der Waals surface area contributed by atoms with Crippen molar-refractivity contribution in [3.8, 4) is 0 Å². The summed E-state index contributed by atoms with van der Waals surface area (Å²) in [6.07, 6.45) is -3.97. The minimum Gasteiger partial charge on any atom is -0.338 e. The van der Waals surface area contributed by atoms with Gasteiger partial charge in [-0.1, -0.05) is 24.3 Å². The van der Waals surface area contributed by atoms with Crippen molar-refractivity contribution >= 4 is 28.8 Å². The van der Waals surface area contributed by atoms with E-state index in [9.17, 15) is 22.8 Å². The predicted molar refractivity (Wildman–Crippen MR) is 104 cm³/mol. The van der Waals surface area contributed by atoms with E-state index in [1.54, 1.807) is 13.1 Å². The van der Waals surface area contributed by atoms with Crippen molar-refractivity contribution in [2.24, 2.45) is 5.92 Å². The van der Waals surface area contributed by atoms with Crippen LogP contribution in [0.5, 0.6) is 0 Å². The number of alkyl halides is 3. The van der Waals surface area contributed by atoms with E-state index in [1.807, 2.05) is 18.2 Å². The Bertz CT molecular complexity index is 1060. The number of imidazole rings is 1. The molecule has 156 valence electrons. The minimum absolute atomic E-state index is 0.160. The number of aromatic amines is 1. The maximum absolute atomic E-state index is 13.0. The summed E-state index contributed by atoms with van der Waals surface area (Å²) in [7, 11) is 1.56. The third kappa shape index (κ3) is 3.74. The molecule has 30 heavy (non-hydrogen) atoms. The number of aromatic nitrogens is 2. The van der Waals surface area contributed by atoms with Crippen molar-refractivity contribution in [1.82, 2.24) is 14.9 Å². The molecule has 2 N–H and O–H groups in total. The van der Waals surface area contributed by atoms with Crippen LogP contribution in [-0.4, -0.2) is 33.7 Å². The van der Waals surface area contributed by atoms with Gasteiger partial charge in [0.25, 0.3) is 0 Å². The van der Waals surface area contributed by atoms with Gasteiger partial charge in [-0.2, -0.15) is 13.2 Å². The number of para-hydroxylation sites is 2. The van der Waals surface area contributed by atoms with Crippen LogP contribution in [0.2, 0.25) is 0 Å². The lowest BCUT2D eigenvalue weighted by Crippen LogP contribution is -2.44. The van der Waals surface area contributed by atoms with E-state index in [0.717, 1.165) is 17.6 Å². The van der Waals surface area contributed by atoms with Crippen molar-refractivity contribution < 1.29 is 22.8 Å². The fraction of sp³-hybridized carbons (Fsp3) is 0.286. The quantitative estimate of drug-likeness (QED) is 0.674. The van der Waals surface area contributed by atoms with Crippen LogP contribution in [0.15, 0.2) is 48.5 Å². The second kappa shape index (κ2) is 7.47. The Morgan fingerprint density at radius 1 is 1.17 bits per heavy atom. The lowest BCUT2D eigenvalue weighted by Gasteiger charge is -2.38. The smallest absolute Gasteiger partial charge is 0.338 e. The highest BCUT2D eigenvalue weighted by Gasteiger charge is 2.39. The highest BCUT2D eigenvalue weighted by atomic mass is 19.4. The number of hydrogen-bond donors (Lipinski definition) is 2. The third-order valence-corrected chi connectivity index (χ3v) is 5.41. The summed E-state index contributed by atoms with van der Waals surface area (Å²) < 4.78 is 38.7. The topological polar surface area (TPSA) is 78.1 Å². The molecule has 4 rings (SSSR count). The van der Waals surface area contributed by atoms with Crippen LogP contribution in [-0.2, 0) is 15.8 Å². The average Bonchev–Trinajstić information content (AvgIpc) is 3.11. The molecule has 1 aliphatic heterocycles. The molecule has 1 fully saturated rings. The number of halogens is 3. The van der Waals surface area contributed by atoms with Crippen LogP contribution in [0.4, 0.5) is 19.1 Å². The second-order valence-electron chi connectivity index (χ2n) is 7.31. The number of hydrogen-bond acceptors (Lipinski definition) is 3. The molecule has 1 saturated heterocycles. The normalized spacial score (nSPS) is 19.9. The highest BCUT2D eigenvalue weighted by Crippen LogP contribution is 2.38. The average molecular weight is 416 g/mol. The van der Waals surface area contributed by atoms with E-state index in [1.165, 1.54) is 17.0 Å². The molecule has 0 saturated carbocycles. The van der Waals surface area contributed by atoms with Gasteiger partial charge in [0.05, 0.1) is 28.6 Å². The fourth-order valence-electron chi connectivity index (χ4n) is 3.86. The molecule has 0 aliphatic carbocycles. The van der Waals surface area contributed by atoms with Crippen LogP contribution >= 0.6 is 0 Å². The number of H-pyrrole nitrogens is 1. The number of fused-ring (bicyclic) bond motifs is 1. The maximum atomic E-state index is 13.0.